The third-order valence-electron chi connectivity index (χ3n) is 6.62. The van der Waals surface area contributed by atoms with Gasteiger partial charge < -0.3 is 10.2 Å². The second kappa shape index (κ2) is 12.8. The second-order valence-electron chi connectivity index (χ2n) is 9.45. The Morgan fingerprint density at radius 3 is 2.21 bits per heavy atom. The molecule has 13 heteroatoms. The summed E-state index contributed by atoms with van der Waals surface area (Å²) in [5, 5.41) is 3.44. The van der Waals surface area contributed by atoms with Crippen LogP contribution in [0.2, 0.25) is 10.0 Å². The average molecular weight is 609 g/mol. The molecule has 1 aliphatic rings. The van der Waals surface area contributed by atoms with E-state index < -0.39 is 46.2 Å². The number of carbonyl (C=O) groups is 2. The van der Waals surface area contributed by atoms with E-state index in [4.69, 9.17) is 23.2 Å². The highest BCUT2D eigenvalue weighted by Gasteiger charge is 2.35. The van der Waals surface area contributed by atoms with Gasteiger partial charge in [0.2, 0.25) is 21.8 Å². The molecule has 0 radical (unpaired) electrons. The monoisotopic (exact) mass is 607 g/mol. The molecule has 0 bridgehead atoms. The van der Waals surface area contributed by atoms with Crippen LogP contribution in [0.3, 0.4) is 0 Å². The number of amides is 2. The number of rotatable bonds is 10. The number of nitrogens with zero attached hydrogens (tertiary/aromatic N) is 2. The van der Waals surface area contributed by atoms with E-state index in [0.717, 1.165) is 44.1 Å². The van der Waals surface area contributed by atoms with E-state index in [2.05, 4.69) is 5.32 Å². The first-order valence-corrected chi connectivity index (χ1v) is 15.0. The Morgan fingerprint density at radius 1 is 1.08 bits per heavy atom. The van der Waals surface area contributed by atoms with Crippen LogP contribution in [0.25, 0.3) is 0 Å². The fourth-order valence-electron chi connectivity index (χ4n) is 4.59. The van der Waals surface area contributed by atoms with E-state index >= 15 is 0 Å². The van der Waals surface area contributed by atoms with Crippen LogP contribution in [0.4, 0.5) is 18.9 Å². The minimum atomic E-state index is -4.72. The summed E-state index contributed by atoms with van der Waals surface area (Å²) in [6.45, 7) is 0.651. The van der Waals surface area contributed by atoms with Crippen LogP contribution >= 0.6 is 23.2 Å². The lowest BCUT2D eigenvalue weighted by molar-refractivity contribution is -0.140. The molecular formula is C26H30Cl2F3N3O4S. The van der Waals surface area contributed by atoms with Crippen LogP contribution < -0.4 is 9.62 Å². The van der Waals surface area contributed by atoms with Crippen LogP contribution in [0, 0.1) is 0 Å². The Kier molecular flexibility index (Phi) is 10.2. The summed E-state index contributed by atoms with van der Waals surface area (Å²) in [6, 6.07) is 7.40. The van der Waals surface area contributed by atoms with Crippen molar-refractivity contribution < 1.29 is 31.2 Å². The largest absolute Gasteiger partial charge is 0.416 e. The smallest absolute Gasteiger partial charge is 0.352 e. The molecule has 1 unspecified atom stereocenters. The van der Waals surface area contributed by atoms with E-state index in [1.54, 1.807) is 25.1 Å². The lowest BCUT2D eigenvalue weighted by atomic mass is 10.1. The average Bonchev–Trinajstić information content (AvgIpc) is 3.36. The first-order chi connectivity index (χ1) is 18.2. The lowest BCUT2D eigenvalue weighted by Crippen LogP contribution is -2.53. The maximum atomic E-state index is 13.8. The third kappa shape index (κ3) is 8.02. The number of carbonyl (C=O) groups excluding carboxylic acids is 2. The molecule has 0 heterocycles. The van der Waals surface area contributed by atoms with Crippen molar-refractivity contribution >= 4 is 50.7 Å². The molecule has 0 spiro atoms. The molecular weight excluding hydrogens is 578 g/mol. The van der Waals surface area contributed by atoms with Crippen molar-refractivity contribution in [3.63, 3.8) is 0 Å². The summed E-state index contributed by atoms with van der Waals surface area (Å²) in [7, 11) is -4.20. The van der Waals surface area contributed by atoms with Crippen LogP contribution in [-0.4, -0.2) is 50.0 Å². The van der Waals surface area contributed by atoms with E-state index in [1.165, 1.54) is 11.0 Å². The Balaban J connectivity index is 2.00. The third-order valence-corrected chi connectivity index (χ3v) is 8.47. The number of anilines is 1. The fraction of sp³-hybridized carbons (Fsp3) is 0.462. The molecule has 2 amide bonds. The minimum absolute atomic E-state index is 0.0370. The molecule has 39 heavy (non-hydrogen) atoms. The van der Waals surface area contributed by atoms with Crippen LogP contribution in [0.15, 0.2) is 42.5 Å². The Labute approximate surface area is 236 Å². The molecule has 1 N–H and O–H groups in total. The number of hydrogen-bond donors (Lipinski definition) is 1. The van der Waals surface area contributed by atoms with Gasteiger partial charge in [-0.3, -0.25) is 13.9 Å². The predicted molar refractivity (Wildman–Crippen MR) is 145 cm³/mol. The van der Waals surface area contributed by atoms with Crippen molar-refractivity contribution in [2.75, 3.05) is 17.1 Å². The number of benzene rings is 2. The van der Waals surface area contributed by atoms with Gasteiger partial charge in [-0.25, -0.2) is 8.42 Å². The molecule has 0 saturated heterocycles. The zero-order valence-electron chi connectivity index (χ0n) is 21.5. The minimum Gasteiger partial charge on any atom is -0.352 e. The van der Waals surface area contributed by atoms with Crippen molar-refractivity contribution in [1.29, 1.82) is 0 Å². The molecule has 3 rings (SSSR count). The van der Waals surface area contributed by atoms with Gasteiger partial charge in [0.15, 0.2) is 0 Å². The van der Waals surface area contributed by atoms with E-state index in [-0.39, 0.29) is 34.7 Å². The Morgan fingerprint density at radius 2 is 1.67 bits per heavy atom. The molecule has 0 aromatic heterocycles. The van der Waals surface area contributed by atoms with Gasteiger partial charge in [0.25, 0.3) is 0 Å². The molecule has 2 aromatic carbocycles. The highest BCUT2D eigenvalue weighted by molar-refractivity contribution is 7.92. The lowest BCUT2D eigenvalue weighted by Gasteiger charge is -2.34. The topological polar surface area (TPSA) is 86.8 Å². The molecule has 1 saturated carbocycles. The number of nitrogens with one attached hydrogen (secondary N) is 1. The quantitative estimate of drug-likeness (QED) is 0.378. The van der Waals surface area contributed by atoms with Gasteiger partial charge in [0, 0.05) is 28.2 Å². The first kappa shape index (κ1) is 31.0. The fourth-order valence-corrected chi connectivity index (χ4v) is 5.95. The predicted octanol–water partition coefficient (Wildman–Crippen LogP) is 5.64. The summed E-state index contributed by atoms with van der Waals surface area (Å²) >= 11 is 12.7. The summed E-state index contributed by atoms with van der Waals surface area (Å²) in [6.07, 6.45) is -0.177. The molecule has 1 aliphatic carbocycles. The van der Waals surface area contributed by atoms with Gasteiger partial charge in [0.05, 0.1) is 17.5 Å². The second-order valence-corrected chi connectivity index (χ2v) is 12.2. The summed E-state index contributed by atoms with van der Waals surface area (Å²) in [5.41, 5.74) is -1.05. The number of halogens is 5. The van der Waals surface area contributed by atoms with Crippen LogP contribution in [0.1, 0.15) is 50.2 Å². The number of sulfonamides is 1. The standard InChI is InChI=1S/C26H30Cl2F3N3O4S/c1-3-23(25(36)32-18-9-4-5-10-18)33(15-20-21(27)12-7-13-22(20)28)24(35)16-34(39(2,37)38)19-11-6-8-17(14-19)26(29,30)31/h6-8,11-14,18,23H,3-5,9-10,15-16H2,1-2H3,(H,32,36). The first-order valence-electron chi connectivity index (χ1n) is 12.4. The summed E-state index contributed by atoms with van der Waals surface area (Å²) in [4.78, 5) is 28.3. The van der Waals surface area contributed by atoms with Crippen molar-refractivity contribution in [1.82, 2.24) is 10.2 Å². The van der Waals surface area contributed by atoms with Crippen molar-refractivity contribution in [2.24, 2.45) is 0 Å². The molecule has 7 nitrogen and oxygen atoms in total. The molecule has 2 aromatic rings. The molecule has 1 fully saturated rings. The number of hydrogen-bond acceptors (Lipinski definition) is 4. The van der Waals surface area contributed by atoms with Crippen molar-refractivity contribution in [3.8, 4) is 0 Å². The van der Waals surface area contributed by atoms with Crippen molar-refractivity contribution in [2.45, 2.75) is 63.8 Å². The van der Waals surface area contributed by atoms with Crippen molar-refractivity contribution in [3.05, 3.63) is 63.6 Å². The zero-order chi connectivity index (χ0) is 29.0. The summed E-state index contributed by atoms with van der Waals surface area (Å²) < 4.78 is 65.9. The molecule has 0 aliphatic heterocycles. The van der Waals surface area contributed by atoms with E-state index in [0.29, 0.717) is 15.9 Å². The van der Waals surface area contributed by atoms with Crippen LogP contribution in [-0.2, 0) is 32.3 Å². The molecule has 1 atom stereocenters. The van der Waals surface area contributed by atoms with Gasteiger partial charge >= 0.3 is 6.18 Å². The Bertz CT molecular complexity index is 1280. The van der Waals surface area contributed by atoms with E-state index in [9.17, 15) is 31.2 Å². The maximum absolute atomic E-state index is 13.8. The van der Waals surface area contributed by atoms with Gasteiger partial charge in [0.1, 0.15) is 12.6 Å². The van der Waals surface area contributed by atoms with Gasteiger partial charge in [-0.15, -0.1) is 0 Å². The van der Waals surface area contributed by atoms with Gasteiger partial charge in [-0.2, -0.15) is 13.2 Å². The Hall–Kier alpha value is -2.50. The maximum Gasteiger partial charge on any atom is 0.416 e. The number of alkyl halides is 3. The highest BCUT2D eigenvalue weighted by atomic mass is 35.5. The highest BCUT2D eigenvalue weighted by Crippen LogP contribution is 2.33. The molecule has 214 valence electrons. The normalized spacial score (nSPS) is 15.2. The summed E-state index contributed by atoms with van der Waals surface area (Å²) in [5.74, 6) is -1.21. The van der Waals surface area contributed by atoms with E-state index in [1.807, 2.05) is 0 Å². The zero-order valence-corrected chi connectivity index (χ0v) is 23.8. The van der Waals surface area contributed by atoms with Crippen LogP contribution in [0.5, 0.6) is 0 Å². The van der Waals surface area contributed by atoms with Gasteiger partial charge in [-0.1, -0.05) is 55.1 Å². The SMILES string of the molecule is CCC(C(=O)NC1CCCC1)N(Cc1c(Cl)cccc1Cl)C(=O)CN(c1cccc(C(F)(F)F)c1)S(C)(=O)=O. The van der Waals surface area contributed by atoms with Gasteiger partial charge in [-0.05, 0) is 49.6 Å².